The number of para-hydroxylation sites is 1. The lowest BCUT2D eigenvalue weighted by atomic mass is 10.2. The minimum Gasteiger partial charge on any atom is -0.497 e. The molecule has 0 radical (unpaired) electrons. The van der Waals surface area contributed by atoms with Crippen LogP contribution in [0.2, 0.25) is 0 Å². The topological polar surface area (TPSA) is 96.9 Å². The molecule has 184 valence electrons. The molecule has 3 N–H and O–H groups in total. The number of ether oxygens (including phenoxy) is 1. The zero-order valence-corrected chi connectivity index (χ0v) is 20.8. The third-order valence-electron chi connectivity index (χ3n) is 5.92. The number of nitrogens with zero attached hydrogens (tertiary/aromatic N) is 3. The fraction of sp³-hybridized carbons (Fsp3) is 0.370. The number of aromatic nitrogens is 4. The van der Waals surface area contributed by atoms with Crippen LogP contribution >= 0.6 is 0 Å². The number of aryl methyl sites for hydroxylation is 1. The molecular formula is C27H34N6O2. The van der Waals surface area contributed by atoms with Crippen LogP contribution in [0.15, 0.2) is 54.6 Å². The fourth-order valence-corrected chi connectivity index (χ4v) is 3.63. The fourth-order valence-electron chi connectivity index (χ4n) is 3.63. The molecule has 2 heterocycles. The minimum atomic E-state index is 0.134. The van der Waals surface area contributed by atoms with Crippen molar-refractivity contribution in [2.75, 3.05) is 17.7 Å². The van der Waals surface area contributed by atoms with Gasteiger partial charge in [-0.1, -0.05) is 26.0 Å². The van der Waals surface area contributed by atoms with Gasteiger partial charge in [-0.3, -0.25) is 14.6 Å². The molecule has 0 unspecified atom stereocenters. The van der Waals surface area contributed by atoms with E-state index in [2.05, 4.69) is 38.1 Å². The number of amides is 1. The zero-order valence-electron chi connectivity index (χ0n) is 20.8. The Morgan fingerprint density at radius 3 is 2.43 bits per heavy atom. The smallest absolute Gasteiger partial charge is 0.227 e. The average Bonchev–Trinajstić information content (AvgIpc) is 3.83. The van der Waals surface area contributed by atoms with Crippen molar-refractivity contribution in [3.8, 4) is 5.75 Å². The molecule has 35 heavy (non-hydrogen) atoms. The first-order valence-corrected chi connectivity index (χ1v) is 12.3. The van der Waals surface area contributed by atoms with Crippen molar-refractivity contribution >= 4 is 34.1 Å². The minimum absolute atomic E-state index is 0.134. The number of methoxy groups -OCH3 is 1. The summed E-state index contributed by atoms with van der Waals surface area (Å²) in [6, 6.07) is 17.6. The lowest BCUT2D eigenvalue weighted by Gasteiger charge is -2.04. The molecule has 0 saturated heterocycles. The summed E-state index contributed by atoms with van der Waals surface area (Å²) in [6.07, 6.45) is 4.59. The second-order valence-corrected chi connectivity index (χ2v) is 8.59. The maximum Gasteiger partial charge on any atom is 0.227 e. The molecule has 8 nitrogen and oxygen atoms in total. The first-order valence-electron chi connectivity index (χ1n) is 12.3. The summed E-state index contributed by atoms with van der Waals surface area (Å²) in [5.74, 6) is 3.68. The number of nitrogens with one attached hydrogen (secondary N) is 3. The standard InChI is InChI=1S/C14H15N5.C11H13NO2.C2H6/c1-19-13(8-12(18-19)9-6-7-9)15-14-10-4-2-3-5-11(10)16-17-14;1-14-10-6-4-9(5-7-10)12-11(13)8-2-3-8;1-2/h2-5,8-9H,6-7H2,1H3,(H2,15,16,17);4-8H,2-3H2,1H3,(H,12,13);1-2H3. The Hall–Kier alpha value is -3.81. The molecule has 2 fully saturated rings. The maximum atomic E-state index is 11.4. The Morgan fingerprint density at radius 1 is 1.06 bits per heavy atom. The molecule has 0 atom stereocenters. The van der Waals surface area contributed by atoms with Crippen LogP contribution in [0.1, 0.15) is 51.1 Å². The highest BCUT2D eigenvalue weighted by Gasteiger charge is 2.29. The quantitative estimate of drug-likeness (QED) is 0.319. The van der Waals surface area contributed by atoms with Crippen molar-refractivity contribution in [2.24, 2.45) is 13.0 Å². The van der Waals surface area contributed by atoms with Crippen LogP contribution < -0.4 is 15.4 Å². The molecule has 0 spiro atoms. The Morgan fingerprint density at radius 2 is 1.77 bits per heavy atom. The predicted molar refractivity (Wildman–Crippen MR) is 140 cm³/mol. The van der Waals surface area contributed by atoms with Gasteiger partial charge in [0.25, 0.3) is 0 Å². The van der Waals surface area contributed by atoms with Crippen LogP contribution in [0.5, 0.6) is 5.75 Å². The number of rotatable bonds is 6. The highest BCUT2D eigenvalue weighted by atomic mass is 16.5. The van der Waals surface area contributed by atoms with Crippen molar-refractivity contribution in [1.29, 1.82) is 0 Å². The second-order valence-electron chi connectivity index (χ2n) is 8.59. The lowest BCUT2D eigenvalue weighted by Crippen LogP contribution is -2.12. The van der Waals surface area contributed by atoms with Crippen LogP contribution in [0.3, 0.4) is 0 Å². The van der Waals surface area contributed by atoms with Gasteiger partial charge in [-0.25, -0.2) is 0 Å². The maximum absolute atomic E-state index is 11.4. The van der Waals surface area contributed by atoms with Crippen molar-refractivity contribution in [3.63, 3.8) is 0 Å². The number of H-pyrrole nitrogens is 1. The van der Waals surface area contributed by atoms with Gasteiger partial charge in [-0.05, 0) is 62.1 Å². The van der Waals surface area contributed by atoms with E-state index >= 15 is 0 Å². The molecule has 1 amide bonds. The van der Waals surface area contributed by atoms with Crippen molar-refractivity contribution in [2.45, 2.75) is 45.4 Å². The molecule has 2 aliphatic rings. The van der Waals surface area contributed by atoms with Gasteiger partial charge in [-0.2, -0.15) is 10.2 Å². The van der Waals surface area contributed by atoms with Gasteiger partial charge in [-0.15, -0.1) is 0 Å². The van der Waals surface area contributed by atoms with Gasteiger partial charge in [0.2, 0.25) is 5.91 Å². The highest BCUT2D eigenvalue weighted by molar-refractivity contribution is 5.94. The third-order valence-corrected chi connectivity index (χ3v) is 5.92. The van der Waals surface area contributed by atoms with Crippen LogP contribution in [-0.2, 0) is 11.8 Å². The normalized spacial score (nSPS) is 14.3. The van der Waals surface area contributed by atoms with Crippen LogP contribution in [0, 0.1) is 5.92 Å². The SMILES string of the molecule is CC.COc1ccc(NC(=O)C2CC2)cc1.Cn1nc(C2CC2)cc1Nc1n[nH]c2ccccc12. The highest BCUT2D eigenvalue weighted by Crippen LogP contribution is 2.40. The number of hydrogen-bond acceptors (Lipinski definition) is 5. The monoisotopic (exact) mass is 474 g/mol. The molecule has 0 aliphatic heterocycles. The summed E-state index contributed by atoms with van der Waals surface area (Å²) in [7, 11) is 3.58. The summed E-state index contributed by atoms with van der Waals surface area (Å²) >= 11 is 0. The Balaban J connectivity index is 0.000000161. The van der Waals surface area contributed by atoms with E-state index in [0.717, 1.165) is 46.8 Å². The van der Waals surface area contributed by atoms with E-state index in [1.807, 2.05) is 68.0 Å². The summed E-state index contributed by atoms with van der Waals surface area (Å²) < 4.78 is 6.91. The van der Waals surface area contributed by atoms with E-state index in [-0.39, 0.29) is 11.8 Å². The van der Waals surface area contributed by atoms with Crippen LogP contribution in [-0.4, -0.2) is 33.0 Å². The van der Waals surface area contributed by atoms with Gasteiger partial charge in [0.05, 0.1) is 18.3 Å². The zero-order chi connectivity index (χ0) is 24.8. The molecular weight excluding hydrogens is 440 g/mol. The van der Waals surface area contributed by atoms with Gasteiger partial charge in [0.1, 0.15) is 11.6 Å². The van der Waals surface area contributed by atoms with Crippen molar-refractivity contribution < 1.29 is 9.53 Å². The average molecular weight is 475 g/mol. The van der Waals surface area contributed by atoms with E-state index < -0.39 is 0 Å². The number of aromatic amines is 1. The molecule has 8 heteroatoms. The molecule has 2 aromatic carbocycles. The van der Waals surface area contributed by atoms with Crippen LogP contribution in [0.4, 0.5) is 17.3 Å². The van der Waals surface area contributed by atoms with Gasteiger partial charge < -0.3 is 15.4 Å². The van der Waals surface area contributed by atoms with E-state index in [9.17, 15) is 4.79 Å². The number of fused-ring (bicyclic) bond motifs is 1. The summed E-state index contributed by atoms with van der Waals surface area (Å²) in [4.78, 5) is 11.4. The number of benzene rings is 2. The molecule has 0 bridgehead atoms. The van der Waals surface area contributed by atoms with E-state index in [4.69, 9.17) is 4.74 Å². The predicted octanol–water partition coefficient (Wildman–Crippen LogP) is 5.99. The van der Waals surface area contributed by atoms with E-state index in [1.54, 1.807) is 7.11 Å². The summed E-state index contributed by atoms with van der Waals surface area (Å²) in [6.45, 7) is 4.00. The third kappa shape index (κ3) is 6.20. The Kier molecular flexibility index (Phi) is 7.70. The molecule has 4 aromatic rings. The number of carbonyl (C=O) groups excluding carboxylic acids is 1. The van der Waals surface area contributed by atoms with Gasteiger partial charge in [0, 0.05) is 36.0 Å². The largest absolute Gasteiger partial charge is 0.497 e. The summed E-state index contributed by atoms with van der Waals surface area (Å²) in [5.41, 5.74) is 3.06. The number of hydrogen-bond donors (Lipinski definition) is 3. The Bertz CT molecular complexity index is 1250. The van der Waals surface area contributed by atoms with E-state index in [1.165, 1.54) is 18.5 Å². The molecule has 6 rings (SSSR count). The first-order chi connectivity index (χ1) is 17.1. The summed E-state index contributed by atoms with van der Waals surface area (Å²) in [5, 5.41) is 19.2. The van der Waals surface area contributed by atoms with Gasteiger partial charge >= 0.3 is 0 Å². The van der Waals surface area contributed by atoms with Gasteiger partial charge in [0.15, 0.2) is 5.82 Å². The number of carbonyl (C=O) groups is 1. The first kappa shape index (κ1) is 24.3. The number of anilines is 3. The lowest BCUT2D eigenvalue weighted by molar-refractivity contribution is -0.117. The van der Waals surface area contributed by atoms with Crippen molar-refractivity contribution in [1.82, 2.24) is 20.0 Å². The molecule has 2 aliphatic carbocycles. The molecule has 2 aromatic heterocycles. The Labute approximate surface area is 206 Å². The van der Waals surface area contributed by atoms with E-state index in [0.29, 0.717) is 5.92 Å². The molecule has 2 saturated carbocycles. The van der Waals surface area contributed by atoms with Crippen LogP contribution in [0.25, 0.3) is 10.9 Å². The van der Waals surface area contributed by atoms with Crippen molar-refractivity contribution in [3.05, 3.63) is 60.3 Å². The second kappa shape index (κ2) is 11.1.